The van der Waals surface area contributed by atoms with Crippen LogP contribution in [0.5, 0.6) is 5.75 Å². The summed E-state index contributed by atoms with van der Waals surface area (Å²) in [5, 5.41) is 3.53. The molecule has 0 heterocycles. The molecule has 1 unspecified atom stereocenters. The highest BCUT2D eigenvalue weighted by molar-refractivity contribution is 5.37. The third kappa shape index (κ3) is 6.93. The number of ether oxygens (including phenoxy) is 3. The van der Waals surface area contributed by atoms with Gasteiger partial charge in [0.25, 0.3) is 0 Å². The lowest BCUT2D eigenvalue weighted by Crippen LogP contribution is -2.32. The number of methoxy groups -OCH3 is 2. The first-order valence-corrected chi connectivity index (χ1v) is 7.64. The summed E-state index contributed by atoms with van der Waals surface area (Å²) in [6.07, 6.45) is 1.93. The van der Waals surface area contributed by atoms with Crippen molar-refractivity contribution < 1.29 is 14.2 Å². The van der Waals surface area contributed by atoms with Crippen LogP contribution in [0.2, 0.25) is 0 Å². The van der Waals surface area contributed by atoms with Crippen LogP contribution in [0.15, 0.2) is 18.2 Å². The molecule has 0 aliphatic carbocycles. The molecular formula is C17H29NO3. The molecule has 0 saturated carbocycles. The van der Waals surface area contributed by atoms with E-state index >= 15 is 0 Å². The molecule has 0 aliphatic rings. The van der Waals surface area contributed by atoms with Crippen LogP contribution in [-0.4, -0.2) is 46.6 Å². The van der Waals surface area contributed by atoms with Gasteiger partial charge in [-0.1, -0.05) is 24.6 Å². The molecule has 1 atom stereocenters. The number of likely N-dealkylation sites (N-methyl/N-ethyl adjacent to an activating group) is 1. The van der Waals surface area contributed by atoms with Crippen LogP contribution in [-0.2, 0) is 15.9 Å². The van der Waals surface area contributed by atoms with E-state index in [2.05, 4.69) is 31.3 Å². The predicted molar refractivity (Wildman–Crippen MR) is 86.2 cm³/mol. The highest BCUT2D eigenvalue weighted by atomic mass is 16.5. The van der Waals surface area contributed by atoms with Gasteiger partial charge < -0.3 is 19.5 Å². The summed E-state index contributed by atoms with van der Waals surface area (Å²) in [5.74, 6) is 0.962. The van der Waals surface area contributed by atoms with Crippen LogP contribution in [0.1, 0.15) is 24.5 Å². The minimum absolute atomic E-state index is 0.397. The predicted octanol–water partition coefficient (Wildman–Crippen LogP) is 2.58. The summed E-state index contributed by atoms with van der Waals surface area (Å²) < 4.78 is 16.0. The Morgan fingerprint density at radius 2 is 1.95 bits per heavy atom. The molecule has 0 spiro atoms. The van der Waals surface area contributed by atoms with Gasteiger partial charge in [0.1, 0.15) is 5.75 Å². The van der Waals surface area contributed by atoms with Crippen LogP contribution in [0.3, 0.4) is 0 Å². The van der Waals surface area contributed by atoms with Gasteiger partial charge in [-0.15, -0.1) is 0 Å². The average Bonchev–Trinajstić information content (AvgIpc) is 2.47. The van der Waals surface area contributed by atoms with E-state index in [-0.39, 0.29) is 0 Å². The Balaban J connectivity index is 2.54. The zero-order valence-corrected chi connectivity index (χ0v) is 13.8. The summed E-state index contributed by atoms with van der Waals surface area (Å²) in [6, 6.07) is 6.73. The van der Waals surface area contributed by atoms with Gasteiger partial charge >= 0.3 is 0 Å². The minimum Gasteiger partial charge on any atom is -0.496 e. The molecule has 21 heavy (non-hydrogen) atoms. The molecule has 0 radical (unpaired) electrons. The molecule has 120 valence electrons. The SMILES string of the molecule is CCNC(CCOCCOC)Cc1cc(C)ccc1OC. The Hall–Kier alpha value is -1.10. The molecule has 1 N–H and O–H groups in total. The largest absolute Gasteiger partial charge is 0.496 e. The number of nitrogens with one attached hydrogen (secondary N) is 1. The van der Waals surface area contributed by atoms with E-state index < -0.39 is 0 Å². The van der Waals surface area contributed by atoms with E-state index in [9.17, 15) is 0 Å². The first-order valence-electron chi connectivity index (χ1n) is 7.64. The second-order valence-electron chi connectivity index (χ2n) is 5.17. The van der Waals surface area contributed by atoms with Crippen molar-refractivity contribution in [1.29, 1.82) is 0 Å². The number of hydrogen-bond acceptors (Lipinski definition) is 4. The lowest BCUT2D eigenvalue weighted by Gasteiger charge is -2.19. The lowest BCUT2D eigenvalue weighted by atomic mass is 10.0. The van der Waals surface area contributed by atoms with Crippen molar-refractivity contribution in [3.63, 3.8) is 0 Å². The molecule has 4 nitrogen and oxygen atoms in total. The van der Waals surface area contributed by atoms with Gasteiger partial charge in [0.2, 0.25) is 0 Å². The Bertz CT molecular complexity index is 396. The van der Waals surface area contributed by atoms with Crippen molar-refractivity contribution in [3.05, 3.63) is 29.3 Å². The van der Waals surface area contributed by atoms with Gasteiger partial charge in [-0.25, -0.2) is 0 Å². The Morgan fingerprint density at radius 3 is 2.62 bits per heavy atom. The summed E-state index contributed by atoms with van der Waals surface area (Å²) in [4.78, 5) is 0. The van der Waals surface area contributed by atoms with Crippen LogP contribution in [0.4, 0.5) is 0 Å². The fourth-order valence-electron chi connectivity index (χ4n) is 2.37. The van der Waals surface area contributed by atoms with E-state index in [0.717, 1.165) is 31.7 Å². The maximum atomic E-state index is 5.57. The van der Waals surface area contributed by atoms with Crippen molar-refractivity contribution >= 4 is 0 Å². The zero-order chi connectivity index (χ0) is 15.5. The Labute approximate surface area is 128 Å². The van der Waals surface area contributed by atoms with Gasteiger partial charge in [0.15, 0.2) is 0 Å². The Morgan fingerprint density at radius 1 is 1.14 bits per heavy atom. The molecule has 0 saturated heterocycles. The summed E-state index contributed by atoms with van der Waals surface area (Å²) in [7, 11) is 3.42. The molecule has 1 rings (SSSR count). The second-order valence-corrected chi connectivity index (χ2v) is 5.17. The van der Waals surface area contributed by atoms with Gasteiger partial charge in [-0.3, -0.25) is 0 Å². The van der Waals surface area contributed by atoms with E-state index in [1.807, 2.05) is 6.07 Å². The quantitative estimate of drug-likeness (QED) is 0.637. The molecule has 0 bridgehead atoms. The van der Waals surface area contributed by atoms with E-state index in [1.165, 1.54) is 11.1 Å². The number of rotatable bonds is 11. The highest BCUT2D eigenvalue weighted by Gasteiger charge is 2.12. The molecule has 4 heteroatoms. The van der Waals surface area contributed by atoms with Crippen molar-refractivity contribution in [3.8, 4) is 5.75 Å². The third-order valence-corrected chi connectivity index (χ3v) is 3.44. The fraction of sp³-hybridized carbons (Fsp3) is 0.647. The normalized spacial score (nSPS) is 12.4. The summed E-state index contributed by atoms with van der Waals surface area (Å²) in [6.45, 7) is 7.25. The van der Waals surface area contributed by atoms with Crippen molar-refractivity contribution in [2.24, 2.45) is 0 Å². The second kappa shape index (κ2) is 10.6. The molecule has 0 aliphatic heterocycles. The van der Waals surface area contributed by atoms with Gasteiger partial charge in [-0.05, 0) is 37.9 Å². The van der Waals surface area contributed by atoms with Crippen LogP contribution >= 0.6 is 0 Å². The zero-order valence-electron chi connectivity index (χ0n) is 13.8. The van der Waals surface area contributed by atoms with Crippen molar-refractivity contribution in [2.45, 2.75) is 32.7 Å². The van der Waals surface area contributed by atoms with Crippen molar-refractivity contribution in [2.75, 3.05) is 40.6 Å². The smallest absolute Gasteiger partial charge is 0.122 e. The van der Waals surface area contributed by atoms with Crippen LogP contribution < -0.4 is 10.1 Å². The minimum atomic E-state index is 0.397. The molecule has 0 aromatic heterocycles. The summed E-state index contributed by atoms with van der Waals surface area (Å²) in [5.41, 5.74) is 2.51. The molecule has 0 amide bonds. The van der Waals surface area contributed by atoms with Crippen LogP contribution in [0.25, 0.3) is 0 Å². The monoisotopic (exact) mass is 295 g/mol. The van der Waals surface area contributed by atoms with Crippen LogP contribution in [0, 0.1) is 6.92 Å². The Kier molecular flexibility index (Phi) is 9.06. The molecular weight excluding hydrogens is 266 g/mol. The highest BCUT2D eigenvalue weighted by Crippen LogP contribution is 2.21. The van der Waals surface area contributed by atoms with Gasteiger partial charge in [0.05, 0.1) is 20.3 Å². The van der Waals surface area contributed by atoms with E-state index in [0.29, 0.717) is 19.3 Å². The molecule has 1 aromatic rings. The molecule has 0 fully saturated rings. The summed E-state index contributed by atoms with van der Waals surface area (Å²) >= 11 is 0. The fourth-order valence-corrected chi connectivity index (χ4v) is 2.37. The van der Waals surface area contributed by atoms with Gasteiger partial charge in [-0.2, -0.15) is 0 Å². The first kappa shape index (κ1) is 18.0. The molecule has 1 aromatic carbocycles. The number of benzene rings is 1. The lowest BCUT2D eigenvalue weighted by molar-refractivity contribution is 0.0658. The topological polar surface area (TPSA) is 39.7 Å². The standard InChI is InChI=1S/C17H29NO3/c1-5-18-16(8-9-21-11-10-19-3)13-15-12-14(2)6-7-17(15)20-4/h6-7,12,16,18H,5,8-11,13H2,1-4H3. The first-order chi connectivity index (χ1) is 10.2. The third-order valence-electron chi connectivity index (χ3n) is 3.44. The van der Waals surface area contributed by atoms with E-state index in [1.54, 1.807) is 14.2 Å². The number of hydrogen-bond donors (Lipinski definition) is 1. The van der Waals surface area contributed by atoms with E-state index in [4.69, 9.17) is 14.2 Å². The average molecular weight is 295 g/mol. The maximum Gasteiger partial charge on any atom is 0.122 e. The van der Waals surface area contributed by atoms with Gasteiger partial charge in [0, 0.05) is 19.8 Å². The number of aryl methyl sites for hydroxylation is 1. The van der Waals surface area contributed by atoms with Crippen molar-refractivity contribution in [1.82, 2.24) is 5.32 Å². The maximum absolute atomic E-state index is 5.57.